The molecule has 2 heterocycles. The molecule has 4 N–H and O–H groups in total. The molecule has 7 heteroatoms. The minimum Gasteiger partial charge on any atom is -0.368 e. The fourth-order valence-electron chi connectivity index (χ4n) is 3.61. The molecular weight excluding hydrogens is 370 g/mol. The molecule has 1 saturated heterocycles. The number of thiophene rings is 1. The molecule has 0 radical (unpaired) electrons. The van der Waals surface area contributed by atoms with Crippen LogP contribution in [0, 0.1) is 0 Å². The Morgan fingerprint density at radius 1 is 1.39 bits per heavy atom. The summed E-state index contributed by atoms with van der Waals surface area (Å²) in [6, 6.07) is 2.47. The zero-order valence-electron chi connectivity index (χ0n) is 16.5. The second-order valence-electron chi connectivity index (χ2n) is 7.27. The van der Waals surface area contributed by atoms with Gasteiger partial charge in [0.25, 0.3) is 5.91 Å². The van der Waals surface area contributed by atoms with E-state index in [2.05, 4.69) is 28.3 Å². The quantitative estimate of drug-likeness (QED) is 0.585. The van der Waals surface area contributed by atoms with E-state index in [4.69, 9.17) is 5.73 Å². The van der Waals surface area contributed by atoms with Crippen LogP contribution >= 0.6 is 11.3 Å². The predicted octanol–water partition coefficient (Wildman–Crippen LogP) is 2.73. The molecular formula is C21H31N5OS. The van der Waals surface area contributed by atoms with Crippen LogP contribution in [0.5, 0.6) is 0 Å². The summed E-state index contributed by atoms with van der Waals surface area (Å²) in [4.78, 5) is 20.8. The molecule has 1 aromatic heterocycles. The molecule has 0 aromatic carbocycles. The van der Waals surface area contributed by atoms with Gasteiger partial charge in [-0.15, -0.1) is 11.3 Å². The number of carbonyl (C=O) groups is 1. The van der Waals surface area contributed by atoms with E-state index in [0.717, 1.165) is 47.3 Å². The molecule has 0 spiro atoms. The van der Waals surface area contributed by atoms with Crippen LogP contribution in [0.3, 0.4) is 0 Å². The minimum atomic E-state index is 0.108. The van der Waals surface area contributed by atoms with Crippen molar-refractivity contribution < 1.29 is 4.79 Å². The minimum absolute atomic E-state index is 0.108. The molecule has 1 aromatic rings. The second-order valence-corrected chi connectivity index (χ2v) is 8.35. The molecule has 1 amide bonds. The monoisotopic (exact) mass is 401 g/mol. The van der Waals surface area contributed by atoms with Crippen LogP contribution in [0.4, 0.5) is 0 Å². The number of carbonyl (C=O) groups excluding carboxylic acids is 1. The van der Waals surface area contributed by atoms with Gasteiger partial charge < -0.3 is 21.3 Å². The van der Waals surface area contributed by atoms with Gasteiger partial charge in [0.15, 0.2) is 0 Å². The maximum absolute atomic E-state index is 12.7. The van der Waals surface area contributed by atoms with Crippen LogP contribution in [0.25, 0.3) is 6.08 Å². The van der Waals surface area contributed by atoms with Gasteiger partial charge in [-0.05, 0) is 30.5 Å². The summed E-state index contributed by atoms with van der Waals surface area (Å²) in [5.41, 5.74) is 6.90. The largest absolute Gasteiger partial charge is 0.368 e. The maximum atomic E-state index is 12.7. The van der Waals surface area contributed by atoms with Gasteiger partial charge in [-0.25, -0.2) is 4.99 Å². The third-order valence-corrected chi connectivity index (χ3v) is 6.29. The van der Waals surface area contributed by atoms with Crippen LogP contribution in [-0.4, -0.2) is 49.2 Å². The lowest BCUT2D eigenvalue weighted by Crippen LogP contribution is -2.46. The van der Waals surface area contributed by atoms with Crippen molar-refractivity contribution in [2.45, 2.75) is 44.7 Å². The van der Waals surface area contributed by atoms with Crippen LogP contribution in [0.2, 0.25) is 0 Å². The smallest absolute Gasteiger partial charge is 0.264 e. The van der Waals surface area contributed by atoms with Crippen LogP contribution in [0.15, 0.2) is 29.5 Å². The van der Waals surface area contributed by atoms with E-state index in [1.54, 1.807) is 0 Å². The van der Waals surface area contributed by atoms with Crippen molar-refractivity contribution >= 4 is 29.5 Å². The fraction of sp³-hybridized carbons (Fsp3) is 0.524. The Labute approximate surface area is 171 Å². The van der Waals surface area contributed by atoms with Crippen molar-refractivity contribution in [3.63, 3.8) is 0 Å². The highest BCUT2D eigenvalue weighted by molar-refractivity contribution is 7.15. The van der Waals surface area contributed by atoms with Crippen molar-refractivity contribution in [1.82, 2.24) is 15.5 Å². The zero-order chi connectivity index (χ0) is 19.8. The summed E-state index contributed by atoms with van der Waals surface area (Å²) in [5, 5.41) is 6.65. The van der Waals surface area contributed by atoms with Gasteiger partial charge >= 0.3 is 0 Å². The molecule has 1 aliphatic heterocycles. The molecule has 28 heavy (non-hydrogen) atoms. The molecule has 6 nitrogen and oxygen atoms in total. The standard InChI is InChI=1S/C21H31N5OS/c1-16(25-18-6-2-3-7-18)24-9-5-4-8-19-17(15-22)14-20(28-19)21(27)26-12-10-23-11-13-26/h4,8-9,14,18,23,25H,1-3,5-7,10-13,15,22H2/b8-4-,24-9-. The van der Waals surface area contributed by atoms with E-state index >= 15 is 0 Å². The van der Waals surface area contributed by atoms with Crippen molar-refractivity contribution in [2.75, 3.05) is 26.2 Å². The summed E-state index contributed by atoms with van der Waals surface area (Å²) < 4.78 is 0. The Morgan fingerprint density at radius 2 is 2.14 bits per heavy atom. The average molecular weight is 402 g/mol. The van der Waals surface area contributed by atoms with Crippen LogP contribution in [-0.2, 0) is 6.54 Å². The summed E-state index contributed by atoms with van der Waals surface area (Å²) >= 11 is 1.52. The Hall–Kier alpha value is -1.96. The number of hydrogen-bond donors (Lipinski definition) is 3. The van der Waals surface area contributed by atoms with E-state index in [0.29, 0.717) is 19.0 Å². The molecule has 2 aliphatic rings. The number of nitrogens with zero attached hydrogens (tertiary/aromatic N) is 2. The highest BCUT2D eigenvalue weighted by Crippen LogP contribution is 2.25. The zero-order valence-corrected chi connectivity index (χ0v) is 17.3. The van der Waals surface area contributed by atoms with Gasteiger partial charge in [0, 0.05) is 56.3 Å². The second kappa shape index (κ2) is 10.5. The molecule has 2 fully saturated rings. The van der Waals surface area contributed by atoms with Crippen LogP contribution < -0.4 is 16.4 Å². The van der Waals surface area contributed by atoms with Gasteiger partial charge in [-0.2, -0.15) is 0 Å². The van der Waals surface area contributed by atoms with E-state index in [1.807, 2.05) is 23.3 Å². The number of nitrogens with one attached hydrogen (secondary N) is 2. The normalized spacial score (nSPS) is 18.4. The lowest BCUT2D eigenvalue weighted by Gasteiger charge is -2.26. The molecule has 1 saturated carbocycles. The van der Waals surface area contributed by atoms with Gasteiger partial charge in [0.2, 0.25) is 0 Å². The third kappa shape index (κ3) is 5.77. The van der Waals surface area contributed by atoms with E-state index in [1.165, 1.54) is 37.0 Å². The lowest BCUT2D eigenvalue weighted by molar-refractivity contribution is 0.0740. The van der Waals surface area contributed by atoms with E-state index < -0.39 is 0 Å². The first-order chi connectivity index (χ1) is 13.7. The summed E-state index contributed by atoms with van der Waals surface area (Å²) in [5.74, 6) is 0.847. The predicted molar refractivity (Wildman–Crippen MR) is 118 cm³/mol. The number of aliphatic imine (C=N–C) groups is 1. The third-order valence-electron chi connectivity index (χ3n) is 5.16. The van der Waals surface area contributed by atoms with Gasteiger partial charge in [-0.3, -0.25) is 4.79 Å². The summed E-state index contributed by atoms with van der Waals surface area (Å²) in [7, 11) is 0. The van der Waals surface area contributed by atoms with Crippen molar-refractivity contribution in [3.05, 3.63) is 39.9 Å². The highest BCUT2D eigenvalue weighted by Gasteiger charge is 2.20. The molecule has 0 atom stereocenters. The lowest BCUT2D eigenvalue weighted by atomic mass is 10.2. The fourth-order valence-corrected chi connectivity index (χ4v) is 4.71. The first kappa shape index (κ1) is 20.8. The highest BCUT2D eigenvalue weighted by atomic mass is 32.1. The number of amides is 1. The molecule has 3 rings (SSSR count). The topological polar surface area (TPSA) is 82.8 Å². The first-order valence-electron chi connectivity index (χ1n) is 10.1. The van der Waals surface area contributed by atoms with Crippen molar-refractivity contribution in [3.8, 4) is 0 Å². The average Bonchev–Trinajstić information content (AvgIpc) is 3.37. The number of hydrogen-bond acceptors (Lipinski definition) is 6. The molecule has 0 unspecified atom stereocenters. The number of nitrogens with two attached hydrogens (primary N) is 1. The Balaban J connectivity index is 1.52. The Kier molecular flexibility index (Phi) is 7.82. The summed E-state index contributed by atoms with van der Waals surface area (Å²) in [6.07, 6.45) is 11.7. The van der Waals surface area contributed by atoms with E-state index in [9.17, 15) is 4.79 Å². The van der Waals surface area contributed by atoms with Crippen molar-refractivity contribution in [2.24, 2.45) is 10.7 Å². The molecule has 152 valence electrons. The number of rotatable bonds is 8. The SMILES string of the molecule is C=C(/N=C\C/C=C\c1sc(C(=O)N2CCNCC2)cc1CN)NC1CCCC1. The Bertz CT molecular complexity index is 727. The molecule has 0 bridgehead atoms. The maximum Gasteiger partial charge on any atom is 0.264 e. The molecule has 1 aliphatic carbocycles. The summed E-state index contributed by atoms with van der Waals surface area (Å²) in [6.45, 7) is 7.63. The Morgan fingerprint density at radius 3 is 2.86 bits per heavy atom. The first-order valence-corrected chi connectivity index (χ1v) is 11.0. The number of piperazine rings is 1. The van der Waals surface area contributed by atoms with Gasteiger partial charge in [0.1, 0.15) is 5.82 Å². The number of allylic oxidation sites excluding steroid dienone is 1. The van der Waals surface area contributed by atoms with Gasteiger partial charge in [0.05, 0.1) is 4.88 Å². The van der Waals surface area contributed by atoms with Crippen LogP contribution in [0.1, 0.15) is 52.2 Å². The van der Waals surface area contributed by atoms with E-state index in [-0.39, 0.29) is 5.91 Å². The van der Waals surface area contributed by atoms with Crippen molar-refractivity contribution in [1.29, 1.82) is 0 Å². The van der Waals surface area contributed by atoms with Gasteiger partial charge in [-0.1, -0.05) is 25.5 Å².